The van der Waals surface area contributed by atoms with Crippen LogP contribution in [-0.4, -0.2) is 20.7 Å². The topological polar surface area (TPSA) is 77.0 Å². The summed E-state index contributed by atoms with van der Waals surface area (Å²) in [5.41, 5.74) is 2.14. The molecule has 1 aliphatic carbocycles. The van der Waals surface area contributed by atoms with Crippen LogP contribution in [0.3, 0.4) is 0 Å². The fourth-order valence-corrected chi connectivity index (χ4v) is 5.82. The number of halogens is 1. The number of nitrogens with one attached hydrogen (secondary N) is 1. The molecule has 0 spiro atoms. The van der Waals surface area contributed by atoms with Crippen LogP contribution in [0, 0.1) is 5.92 Å². The van der Waals surface area contributed by atoms with Crippen molar-refractivity contribution in [2.45, 2.75) is 32.1 Å². The molecule has 3 heterocycles. The van der Waals surface area contributed by atoms with Crippen molar-refractivity contribution in [2.75, 3.05) is 5.32 Å². The Morgan fingerprint density at radius 1 is 1.32 bits per heavy atom. The largest absolute Gasteiger partial charge is 0.454 e. The van der Waals surface area contributed by atoms with Gasteiger partial charge in [0.1, 0.15) is 28.5 Å². The summed E-state index contributed by atoms with van der Waals surface area (Å²) in [4.78, 5) is 27.1. The fraction of sp³-hybridized carbons (Fsp3) is 0.231. The monoisotopic (exact) mass is 490 g/mol. The predicted molar refractivity (Wildman–Crippen MR) is 136 cm³/mol. The molecule has 34 heavy (non-hydrogen) atoms. The van der Waals surface area contributed by atoms with Gasteiger partial charge in [-0.05, 0) is 73.6 Å². The summed E-state index contributed by atoms with van der Waals surface area (Å²) in [6.07, 6.45) is 10.8. The number of nitrogens with zero attached hydrogens (tertiary/aromatic N) is 3. The number of anilines is 2. The Morgan fingerprint density at radius 3 is 3.03 bits per heavy atom. The van der Waals surface area contributed by atoms with E-state index in [1.807, 2.05) is 30.3 Å². The van der Waals surface area contributed by atoms with E-state index in [9.17, 15) is 4.79 Å². The highest BCUT2D eigenvalue weighted by molar-refractivity contribution is 7.19. The Hall–Kier alpha value is -3.29. The number of ether oxygens (including phenoxy) is 1. The third-order valence-corrected chi connectivity index (χ3v) is 7.49. The molecule has 1 aliphatic rings. The van der Waals surface area contributed by atoms with Crippen LogP contribution in [0.5, 0.6) is 11.5 Å². The highest BCUT2D eigenvalue weighted by Crippen LogP contribution is 2.41. The lowest BCUT2D eigenvalue weighted by molar-refractivity contribution is -0.114. The van der Waals surface area contributed by atoms with E-state index in [1.54, 1.807) is 30.1 Å². The third kappa shape index (κ3) is 4.81. The average molecular weight is 491 g/mol. The molecule has 0 fully saturated rings. The first-order valence-electron chi connectivity index (χ1n) is 11.2. The second-order valence-corrected chi connectivity index (χ2v) is 9.78. The fourth-order valence-electron chi connectivity index (χ4n) is 4.30. The Kier molecular flexibility index (Phi) is 6.56. The van der Waals surface area contributed by atoms with Gasteiger partial charge in [0, 0.05) is 23.2 Å². The molecule has 1 N–H and O–H groups in total. The van der Waals surface area contributed by atoms with Crippen molar-refractivity contribution in [3.05, 3.63) is 77.2 Å². The number of benzene rings is 1. The molecule has 0 bridgehead atoms. The number of fused-ring (bicyclic) bond motifs is 3. The number of ketones is 1. The van der Waals surface area contributed by atoms with Gasteiger partial charge in [-0.1, -0.05) is 18.2 Å². The molecule has 8 heteroatoms. The molecule has 0 amide bonds. The molecule has 172 valence electrons. The van der Waals surface area contributed by atoms with Crippen molar-refractivity contribution >= 4 is 50.4 Å². The smallest absolute Gasteiger partial charge is 0.155 e. The minimum atomic E-state index is 0.120. The Balaban J connectivity index is 1.36. The zero-order chi connectivity index (χ0) is 23.5. The van der Waals surface area contributed by atoms with Gasteiger partial charge < -0.3 is 10.1 Å². The van der Waals surface area contributed by atoms with Gasteiger partial charge >= 0.3 is 0 Å². The van der Waals surface area contributed by atoms with Crippen LogP contribution in [0.1, 0.15) is 29.7 Å². The van der Waals surface area contributed by atoms with Crippen molar-refractivity contribution in [3.63, 3.8) is 0 Å². The Morgan fingerprint density at radius 2 is 2.24 bits per heavy atom. The summed E-state index contributed by atoms with van der Waals surface area (Å²) in [6, 6.07) is 9.21. The first-order chi connectivity index (χ1) is 16.6. The normalized spacial score (nSPS) is 15.0. The van der Waals surface area contributed by atoms with Crippen LogP contribution in [-0.2, 0) is 17.6 Å². The number of pyridine rings is 1. The summed E-state index contributed by atoms with van der Waals surface area (Å²) in [6.45, 7) is 3.57. The highest BCUT2D eigenvalue weighted by Gasteiger charge is 2.25. The molecular weight excluding hydrogens is 468 g/mol. The molecule has 1 aromatic carbocycles. The molecule has 5 rings (SSSR count). The Labute approximate surface area is 206 Å². The maximum atomic E-state index is 11.6. The number of aryl methyl sites for hydroxylation is 1. The van der Waals surface area contributed by atoms with E-state index >= 15 is 0 Å². The number of thiophene rings is 1. The van der Waals surface area contributed by atoms with Gasteiger partial charge in [0.05, 0.1) is 16.6 Å². The second kappa shape index (κ2) is 9.91. The van der Waals surface area contributed by atoms with E-state index in [0.29, 0.717) is 28.9 Å². The van der Waals surface area contributed by atoms with Gasteiger partial charge in [0.2, 0.25) is 0 Å². The Bertz CT molecular complexity index is 1360. The molecule has 1 unspecified atom stereocenters. The molecule has 0 radical (unpaired) electrons. The number of allylic oxidation sites excluding steroid dienone is 1. The highest BCUT2D eigenvalue weighted by atomic mass is 35.5. The molecule has 1 atom stereocenters. The molecule has 0 aliphatic heterocycles. The zero-order valence-corrected chi connectivity index (χ0v) is 20.0. The molecule has 4 aromatic rings. The maximum absolute atomic E-state index is 11.6. The van der Waals surface area contributed by atoms with Crippen molar-refractivity contribution in [3.8, 4) is 11.5 Å². The maximum Gasteiger partial charge on any atom is 0.155 e. The number of hydrogen-bond donors (Lipinski definition) is 1. The summed E-state index contributed by atoms with van der Waals surface area (Å²) < 4.78 is 5.83. The van der Waals surface area contributed by atoms with Crippen LogP contribution in [0.25, 0.3) is 10.2 Å². The lowest BCUT2D eigenvalue weighted by Gasteiger charge is -2.22. The van der Waals surface area contributed by atoms with Gasteiger partial charge in [-0.15, -0.1) is 11.3 Å². The van der Waals surface area contributed by atoms with E-state index < -0.39 is 0 Å². The zero-order valence-electron chi connectivity index (χ0n) is 18.5. The minimum Gasteiger partial charge on any atom is -0.454 e. The van der Waals surface area contributed by atoms with Crippen LogP contribution in [0.2, 0.25) is 5.02 Å². The molecule has 0 saturated heterocycles. The lowest BCUT2D eigenvalue weighted by Crippen LogP contribution is -2.13. The summed E-state index contributed by atoms with van der Waals surface area (Å²) in [5.74, 6) is 2.59. The first kappa shape index (κ1) is 22.5. The molecule has 3 aromatic heterocycles. The average Bonchev–Trinajstić information content (AvgIpc) is 3.23. The summed E-state index contributed by atoms with van der Waals surface area (Å²) >= 11 is 8.22. The minimum absolute atomic E-state index is 0.120. The van der Waals surface area contributed by atoms with E-state index in [1.165, 1.54) is 16.5 Å². The third-order valence-electron chi connectivity index (χ3n) is 6.03. The van der Waals surface area contributed by atoms with Crippen LogP contribution < -0.4 is 10.1 Å². The number of carbonyl (C=O) groups excluding carboxylic acids is 1. The number of carbonyl (C=O) groups is 1. The van der Waals surface area contributed by atoms with Crippen molar-refractivity contribution in [2.24, 2.45) is 5.92 Å². The van der Waals surface area contributed by atoms with E-state index in [2.05, 4.69) is 26.8 Å². The van der Waals surface area contributed by atoms with Crippen LogP contribution >= 0.6 is 22.9 Å². The lowest BCUT2D eigenvalue weighted by atomic mass is 9.84. The molecule has 0 saturated carbocycles. The van der Waals surface area contributed by atoms with E-state index in [-0.39, 0.29) is 5.78 Å². The standard InChI is InChI=1S/C26H23ClN4O2S/c1-2-18(32)8-5-16-6-9-20-23(12-16)34-26-24(20)25(29-15-30-26)31-17-7-10-22(21(27)13-17)33-19-4-3-11-28-14-19/h2-4,7,10-11,13-16H,1,5-6,8-9,12H2,(H,29,30,31). The van der Waals surface area contributed by atoms with Crippen LogP contribution in [0.15, 0.2) is 61.7 Å². The van der Waals surface area contributed by atoms with Crippen molar-refractivity contribution in [1.29, 1.82) is 0 Å². The van der Waals surface area contributed by atoms with Gasteiger partial charge in [0.25, 0.3) is 0 Å². The number of rotatable bonds is 8. The second-order valence-electron chi connectivity index (χ2n) is 8.29. The predicted octanol–water partition coefficient (Wildman–Crippen LogP) is 6.92. The van der Waals surface area contributed by atoms with Crippen molar-refractivity contribution in [1.82, 2.24) is 15.0 Å². The molecule has 6 nitrogen and oxygen atoms in total. The summed E-state index contributed by atoms with van der Waals surface area (Å²) in [7, 11) is 0. The molecular formula is C26H23ClN4O2S. The van der Waals surface area contributed by atoms with Crippen LogP contribution in [0.4, 0.5) is 11.5 Å². The van der Waals surface area contributed by atoms with E-state index in [0.717, 1.165) is 47.4 Å². The number of aromatic nitrogens is 3. The number of hydrogen-bond acceptors (Lipinski definition) is 7. The van der Waals surface area contributed by atoms with Gasteiger partial charge in [-0.2, -0.15) is 0 Å². The SMILES string of the molecule is C=CC(=O)CCC1CCc2c(sc3ncnc(Nc4ccc(Oc5cccnc5)c(Cl)c4)c23)C1. The van der Waals surface area contributed by atoms with Crippen molar-refractivity contribution < 1.29 is 9.53 Å². The summed E-state index contributed by atoms with van der Waals surface area (Å²) in [5, 5.41) is 4.99. The first-order valence-corrected chi connectivity index (χ1v) is 12.3. The van der Waals surface area contributed by atoms with Gasteiger partial charge in [0.15, 0.2) is 5.78 Å². The van der Waals surface area contributed by atoms with Gasteiger partial charge in [-0.25, -0.2) is 9.97 Å². The quantitative estimate of drug-likeness (QED) is 0.270. The van der Waals surface area contributed by atoms with Gasteiger partial charge in [-0.3, -0.25) is 9.78 Å². The van der Waals surface area contributed by atoms with E-state index in [4.69, 9.17) is 16.3 Å².